The zero-order valence-corrected chi connectivity index (χ0v) is 12.4. The molecule has 0 bridgehead atoms. The second kappa shape index (κ2) is 5.48. The van der Waals surface area contributed by atoms with Crippen LogP contribution in [0.5, 0.6) is 0 Å². The third kappa shape index (κ3) is 2.81. The summed E-state index contributed by atoms with van der Waals surface area (Å²) in [5, 5.41) is 10.6. The van der Waals surface area contributed by atoms with Gasteiger partial charge < -0.3 is 0 Å². The van der Waals surface area contributed by atoms with Crippen LogP contribution in [0.25, 0.3) is 10.6 Å². The molecule has 1 aromatic carbocycles. The number of thiophene rings is 1. The van der Waals surface area contributed by atoms with Crippen LogP contribution in [0, 0.1) is 0 Å². The number of nitrogens with two attached hydrogens (primary N) is 1. The molecule has 0 atom stereocenters. The van der Waals surface area contributed by atoms with E-state index < -0.39 is 0 Å². The van der Waals surface area contributed by atoms with E-state index in [1.165, 1.54) is 0 Å². The molecule has 3 rings (SSSR count). The summed E-state index contributed by atoms with van der Waals surface area (Å²) in [5.74, 6) is 0. The number of aromatic nitrogens is 1. The molecule has 19 heavy (non-hydrogen) atoms. The van der Waals surface area contributed by atoms with Gasteiger partial charge in [0.25, 0.3) is 0 Å². The Morgan fingerprint density at radius 1 is 1.05 bits per heavy atom. The molecule has 94 valence electrons. The van der Waals surface area contributed by atoms with E-state index in [1.807, 2.05) is 47.8 Å². The number of nitrogen functional groups attached to an aromatic ring is 1. The number of nitrogens with zero attached hydrogens (tertiary/aromatic N) is 3. The van der Waals surface area contributed by atoms with Crippen molar-refractivity contribution in [1.29, 1.82) is 0 Å². The quantitative estimate of drug-likeness (QED) is 0.584. The van der Waals surface area contributed by atoms with Crippen LogP contribution in [-0.4, -0.2) is 19.5 Å². The minimum atomic E-state index is -0.0302. The fraction of sp³-hybridized carbons (Fsp3) is 0. The molecule has 0 amide bonds. The second-order valence-corrected chi connectivity index (χ2v) is 6.78. The fourth-order valence-corrected chi connectivity index (χ4v) is 3.83. The molecule has 0 spiro atoms. The van der Waals surface area contributed by atoms with Crippen molar-refractivity contribution in [2.45, 2.75) is 0 Å². The molecule has 0 unspecified atom stereocenters. The minimum absolute atomic E-state index is 0.0302. The normalized spacial score (nSPS) is 11.2. The average molecular weight is 333 g/mol. The summed E-state index contributed by atoms with van der Waals surface area (Å²) in [6.45, 7) is 0. The van der Waals surface area contributed by atoms with Crippen molar-refractivity contribution >= 4 is 40.8 Å². The van der Waals surface area contributed by atoms with Crippen molar-refractivity contribution in [2.75, 3.05) is 5.73 Å². The maximum absolute atomic E-state index is 5.83. The summed E-state index contributed by atoms with van der Waals surface area (Å²) in [6, 6.07) is 13.7. The van der Waals surface area contributed by atoms with Crippen LogP contribution in [0.1, 0.15) is 0 Å². The molecule has 0 saturated carbocycles. The summed E-state index contributed by atoms with van der Waals surface area (Å²) in [5.41, 5.74) is 7.53. The molecule has 2 N–H and O–H groups in total. The average Bonchev–Trinajstić information content (AvgIpc) is 3.06. The van der Waals surface area contributed by atoms with Crippen molar-refractivity contribution in [3.05, 3.63) is 47.8 Å². The second-order valence-electron chi connectivity index (χ2n) is 3.72. The van der Waals surface area contributed by atoms with Gasteiger partial charge >= 0.3 is 120 Å². The van der Waals surface area contributed by atoms with Gasteiger partial charge in [0.1, 0.15) is 0 Å². The van der Waals surface area contributed by atoms with Gasteiger partial charge in [-0.3, -0.25) is 0 Å². The standard InChI is InChI=1S/C13H10N4SSe/c14-13-15-11(10-7-4-8-18-10)12(19-13)17-16-9-5-2-1-3-6-9/h1-8H,(H2,14,15). The van der Waals surface area contributed by atoms with E-state index in [0.717, 1.165) is 20.8 Å². The van der Waals surface area contributed by atoms with Crippen LogP contribution < -0.4 is 5.73 Å². The summed E-state index contributed by atoms with van der Waals surface area (Å²) in [4.78, 5) is 5.47. The molecular formula is C13H10N4SSe. The van der Waals surface area contributed by atoms with Crippen molar-refractivity contribution < 1.29 is 0 Å². The van der Waals surface area contributed by atoms with Gasteiger partial charge in [-0.05, 0) is 0 Å². The topological polar surface area (TPSA) is 63.6 Å². The van der Waals surface area contributed by atoms with Crippen LogP contribution in [-0.2, 0) is 0 Å². The van der Waals surface area contributed by atoms with Crippen molar-refractivity contribution in [2.24, 2.45) is 10.2 Å². The predicted octanol–water partition coefficient (Wildman–Crippen LogP) is 3.86. The Bertz CT molecular complexity index is 689. The van der Waals surface area contributed by atoms with Crippen molar-refractivity contribution in [3.8, 4) is 10.6 Å². The number of benzene rings is 1. The molecule has 0 fully saturated rings. The monoisotopic (exact) mass is 334 g/mol. The SMILES string of the molecule is Nc1nc(-c2cccs2)c(N=Nc2ccccc2)[se]1. The van der Waals surface area contributed by atoms with Gasteiger partial charge in [0.15, 0.2) is 0 Å². The van der Waals surface area contributed by atoms with E-state index in [-0.39, 0.29) is 14.5 Å². The van der Waals surface area contributed by atoms with Crippen LogP contribution in [0.3, 0.4) is 0 Å². The Morgan fingerprint density at radius 3 is 2.63 bits per heavy atom. The predicted molar refractivity (Wildman–Crippen MR) is 79.5 cm³/mol. The molecular weight excluding hydrogens is 323 g/mol. The maximum atomic E-state index is 5.83. The first kappa shape index (κ1) is 12.3. The molecule has 3 aromatic rings. The summed E-state index contributed by atoms with van der Waals surface area (Å²) < 4.78 is 1.54. The Morgan fingerprint density at radius 2 is 1.89 bits per heavy atom. The molecule has 6 heteroatoms. The van der Waals surface area contributed by atoms with Crippen molar-refractivity contribution in [1.82, 2.24) is 4.98 Å². The molecule has 0 radical (unpaired) electrons. The number of hydrogen-bond acceptors (Lipinski definition) is 5. The molecule has 0 saturated heterocycles. The van der Waals surface area contributed by atoms with Crippen molar-refractivity contribution in [3.63, 3.8) is 0 Å². The Hall–Kier alpha value is -1.75. The Labute approximate surface area is 120 Å². The van der Waals surface area contributed by atoms with Gasteiger partial charge in [0.2, 0.25) is 0 Å². The van der Waals surface area contributed by atoms with Crippen LogP contribution >= 0.6 is 11.3 Å². The molecule has 0 aliphatic carbocycles. The third-order valence-corrected chi connectivity index (χ3v) is 4.88. The first-order valence-electron chi connectivity index (χ1n) is 5.60. The first-order valence-corrected chi connectivity index (χ1v) is 8.19. The van der Waals surface area contributed by atoms with Crippen LogP contribution in [0.2, 0.25) is 0 Å². The van der Waals surface area contributed by atoms with Gasteiger partial charge in [-0.15, -0.1) is 0 Å². The molecule has 2 heterocycles. The van der Waals surface area contributed by atoms with Gasteiger partial charge in [0, 0.05) is 0 Å². The molecule has 2 aromatic heterocycles. The first-order chi connectivity index (χ1) is 9.33. The summed E-state index contributed by atoms with van der Waals surface area (Å²) in [6.07, 6.45) is 0. The van der Waals surface area contributed by atoms with Crippen LogP contribution in [0.4, 0.5) is 14.9 Å². The van der Waals surface area contributed by atoms with E-state index in [4.69, 9.17) is 5.73 Å². The van der Waals surface area contributed by atoms with E-state index in [0.29, 0.717) is 4.69 Å². The van der Waals surface area contributed by atoms with E-state index in [2.05, 4.69) is 15.2 Å². The zero-order valence-electron chi connectivity index (χ0n) is 9.85. The number of anilines is 1. The molecule has 0 aliphatic rings. The summed E-state index contributed by atoms with van der Waals surface area (Å²) in [7, 11) is 0. The van der Waals surface area contributed by atoms with Gasteiger partial charge in [0.05, 0.1) is 0 Å². The van der Waals surface area contributed by atoms with E-state index in [9.17, 15) is 0 Å². The molecule has 4 nitrogen and oxygen atoms in total. The Balaban J connectivity index is 1.96. The Kier molecular flexibility index (Phi) is 3.55. The molecule has 0 aliphatic heterocycles. The number of rotatable bonds is 3. The third-order valence-electron chi connectivity index (χ3n) is 2.39. The van der Waals surface area contributed by atoms with Gasteiger partial charge in [-0.2, -0.15) is 0 Å². The van der Waals surface area contributed by atoms with Crippen LogP contribution in [0.15, 0.2) is 58.1 Å². The number of azo groups is 1. The number of hydrogen-bond donors (Lipinski definition) is 1. The van der Waals surface area contributed by atoms with E-state index in [1.54, 1.807) is 11.3 Å². The van der Waals surface area contributed by atoms with Gasteiger partial charge in [-0.25, -0.2) is 0 Å². The zero-order chi connectivity index (χ0) is 13.1. The summed E-state index contributed by atoms with van der Waals surface area (Å²) >= 11 is 1.61. The van der Waals surface area contributed by atoms with Gasteiger partial charge in [-0.1, -0.05) is 0 Å². The van der Waals surface area contributed by atoms with E-state index >= 15 is 0 Å². The fourth-order valence-electron chi connectivity index (χ4n) is 1.57.